The van der Waals surface area contributed by atoms with Gasteiger partial charge >= 0.3 is 0 Å². The molecule has 116 valence electrons. The molecule has 1 saturated heterocycles. The number of hydrogen-bond donors (Lipinski definition) is 1. The summed E-state index contributed by atoms with van der Waals surface area (Å²) in [5.41, 5.74) is 0.769. The smallest absolute Gasteiger partial charge is 0.233 e. The molecule has 2 aliphatic rings. The minimum Gasteiger partial charge on any atom is -0.385 e. The minimum atomic E-state index is -0.751. The minimum absolute atomic E-state index is 0.0505. The third-order valence-electron chi connectivity index (χ3n) is 4.80. The molecule has 0 aromatic carbocycles. The predicted molar refractivity (Wildman–Crippen MR) is 78.1 cm³/mol. The molecule has 1 amide bonds. The van der Waals surface area contributed by atoms with Crippen LogP contribution in [0.1, 0.15) is 36.7 Å². The van der Waals surface area contributed by atoms with Crippen molar-refractivity contribution < 1.29 is 14.3 Å². The molecule has 1 spiro atoms. The highest BCUT2D eigenvalue weighted by molar-refractivity contribution is 5.91. The van der Waals surface area contributed by atoms with Crippen LogP contribution in [0, 0.1) is 11.3 Å². The molecule has 0 bridgehead atoms. The van der Waals surface area contributed by atoms with Gasteiger partial charge in [0.1, 0.15) is 17.3 Å². The topological polar surface area (TPSA) is 84.2 Å². The lowest BCUT2D eigenvalue weighted by Crippen LogP contribution is -2.67. The second kappa shape index (κ2) is 5.34. The number of methoxy groups -OCH3 is 1. The SMILES string of the molecule is CCC1(CCOC)C(=O)NC2(COC2)c2ccc(C#N)nc21. The van der Waals surface area contributed by atoms with Gasteiger partial charge in [-0.3, -0.25) is 4.79 Å². The van der Waals surface area contributed by atoms with E-state index in [-0.39, 0.29) is 5.91 Å². The van der Waals surface area contributed by atoms with E-state index in [2.05, 4.69) is 16.4 Å². The molecular formula is C16H19N3O3. The van der Waals surface area contributed by atoms with Crippen LogP contribution in [0.5, 0.6) is 0 Å². The number of nitrogens with zero attached hydrogens (tertiary/aromatic N) is 2. The van der Waals surface area contributed by atoms with Crippen LogP contribution in [0.3, 0.4) is 0 Å². The molecule has 6 heteroatoms. The monoisotopic (exact) mass is 301 g/mol. The Kier molecular flexibility index (Phi) is 3.63. The van der Waals surface area contributed by atoms with Crippen LogP contribution < -0.4 is 5.32 Å². The van der Waals surface area contributed by atoms with Crippen LogP contribution in [0.15, 0.2) is 12.1 Å². The number of carbonyl (C=O) groups excluding carboxylic acids is 1. The van der Waals surface area contributed by atoms with Gasteiger partial charge in [0.05, 0.1) is 24.3 Å². The van der Waals surface area contributed by atoms with Crippen molar-refractivity contribution in [3.63, 3.8) is 0 Å². The number of aromatic nitrogens is 1. The zero-order chi connectivity index (χ0) is 15.8. The second-order valence-corrected chi connectivity index (χ2v) is 5.91. The lowest BCUT2D eigenvalue weighted by molar-refractivity contribution is -0.144. The Balaban J connectivity index is 2.18. The third-order valence-corrected chi connectivity index (χ3v) is 4.80. The first-order chi connectivity index (χ1) is 10.6. The maximum Gasteiger partial charge on any atom is 0.233 e. The van der Waals surface area contributed by atoms with Gasteiger partial charge in [-0.1, -0.05) is 13.0 Å². The maximum absolute atomic E-state index is 12.9. The molecule has 3 heterocycles. The van der Waals surface area contributed by atoms with Crippen molar-refractivity contribution in [3.05, 3.63) is 29.1 Å². The number of carbonyl (C=O) groups is 1. The third kappa shape index (κ3) is 1.93. The van der Waals surface area contributed by atoms with Crippen molar-refractivity contribution in [3.8, 4) is 6.07 Å². The number of ether oxygens (including phenoxy) is 2. The molecule has 3 rings (SSSR count). The Morgan fingerprint density at radius 1 is 1.50 bits per heavy atom. The average molecular weight is 301 g/mol. The van der Waals surface area contributed by atoms with Gasteiger partial charge in [-0.15, -0.1) is 0 Å². The van der Waals surface area contributed by atoms with Gasteiger partial charge in [0.2, 0.25) is 5.91 Å². The molecule has 6 nitrogen and oxygen atoms in total. The number of rotatable bonds is 4. The highest BCUT2D eigenvalue weighted by Crippen LogP contribution is 2.44. The van der Waals surface area contributed by atoms with Gasteiger partial charge in [0.15, 0.2) is 0 Å². The normalized spacial score (nSPS) is 25.0. The van der Waals surface area contributed by atoms with Gasteiger partial charge in [-0.25, -0.2) is 4.98 Å². The zero-order valence-corrected chi connectivity index (χ0v) is 12.8. The van der Waals surface area contributed by atoms with E-state index in [9.17, 15) is 4.79 Å². The molecular weight excluding hydrogens is 282 g/mol. The van der Waals surface area contributed by atoms with Crippen LogP contribution in [0.4, 0.5) is 0 Å². The van der Waals surface area contributed by atoms with E-state index in [0.29, 0.717) is 44.1 Å². The van der Waals surface area contributed by atoms with Gasteiger partial charge in [-0.2, -0.15) is 5.26 Å². The lowest BCUT2D eigenvalue weighted by Gasteiger charge is -2.50. The molecule has 2 aliphatic heterocycles. The fraction of sp³-hybridized carbons (Fsp3) is 0.562. The summed E-state index contributed by atoms with van der Waals surface area (Å²) in [6.07, 6.45) is 1.14. The first kappa shape index (κ1) is 14.9. The number of amides is 1. The van der Waals surface area contributed by atoms with E-state index in [1.807, 2.05) is 13.0 Å². The Morgan fingerprint density at radius 2 is 2.27 bits per heavy atom. The van der Waals surface area contributed by atoms with Crippen molar-refractivity contribution >= 4 is 5.91 Å². The molecule has 0 radical (unpaired) electrons. The van der Waals surface area contributed by atoms with E-state index in [1.165, 1.54) is 0 Å². The summed E-state index contributed by atoms with van der Waals surface area (Å²) in [5.74, 6) is -0.0505. The van der Waals surface area contributed by atoms with E-state index >= 15 is 0 Å². The summed E-state index contributed by atoms with van der Waals surface area (Å²) in [4.78, 5) is 17.4. The number of pyridine rings is 1. The number of nitrogens with one attached hydrogen (secondary N) is 1. The number of nitriles is 1. The van der Waals surface area contributed by atoms with Crippen molar-refractivity contribution in [2.24, 2.45) is 0 Å². The molecule has 1 atom stereocenters. The van der Waals surface area contributed by atoms with Crippen molar-refractivity contribution in [1.82, 2.24) is 10.3 Å². The maximum atomic E-state index is 12.9. The van der Waals surface area contributed by atoms with Gasteiger partial charge in [0.25, 0.3) is 0 Å². The largest absolute Gasteiger partial charge is 0.385 e. The summed E-state index contributed by atoms with van der Waals surface area (Å²) in [5, 5.41) is 12.3. The summed E-state index contributed by atoms with van der Waals surface area (Å²) >= 11 is 0. The molecule has 1 N–H and O–H groups in total. The highest BCUT2D eigenvalue weighted by atomic mass is 16.5. The van der Waals surface area contributed by atoms with Crippen molar-refractivity contribution in [1.29, 1.82) is 5.26 Å². The molecule has 1 aromatic rings. The van der Waals surface area contributed by atoms with Gasteiger partial charge < -0.3 is 14.8 Å². The first-order valence-electron chi connectivity index (χ1n) is 7.43. The van der Waals surface area contributed by atoms with Crippen molar-refractivity contribution in [2.75, 3.05) is 26.9 Å². The number of hydrogen-bond acceptors (Lipinski definition) is 5. The molecule has 22 heavy (non-hydrogen) atoms. The standard InChI is InChI=1S/C16H19N3O3/c1-3-15(6-7-21-2)13-12(5-4-11(8-17)18-13)16(9-22-10-16)19-14(15)20/h4-5H,3,6-7,9-10H2,1-2H3,(H,19,20). The molecule has 1 unspecified atom stereocenters. The predicted octanol–water partition coefficient (Wildman–Crippen LogP) is 0.993. The van der Waals surface area contributed by atoms with Gasteiger partial charge in [-0.05, 0) is 18.9 Å². The molecule has 1 fully saturated rings. The molecule has 0 saturated carbocycles. The van der Waals surface area contributed by atoms with Crippen LogP contribution >= 0.6 is 0 Å². The summed E-state index contributed by atoms with van der Waals surface area (Å²) in [6, 6.07) is 5.67. The fourth-order valence-electron chi connectivity index (χ4n) is 3.33. The van der Waals surface area contributed by atoms with Gasteiger partial charge in [0, 0.05) is 19.3 Å². The van der Waals surface area contributed by atoms with E-state index in [0.717, 1.165) is 5.56 Å². The van der Waals surface area contributed by atoms with Crippen LogP contribution in [-0.2, 0) is 25.2 Å². The quantitative estimate of drug-likeness (QED) is 0.896. The molecule has 0 aliphatic carbocycles. The Hall–Kier alpha value is -1.97. The van der Waals surface area contributed by atoms with Crippen LogP contribution in [0.2, 0.25) is 0 Å². The van der Waals surface area contributed by atoms with E-state index in [1.54, 1.807) is 13.2 Å². The van der Waals surface area contributed by atoms with E-state index in [4.69, 9.17) is 14.7 Å². The Bertz CT molecular complexity index is 649. The summed E-state index contributed by atoms with van der Waals surface area (Å²) in [7, 11) is 1.62. The molecule has 1 aromatic heterocycles. The summed E-state index contributed by atoms with van der Waals surface area (Å²) < 4.78 is 10.5. The lowest BCUT2D eigenvalue weighted by atomic mass is 9.68. The Morgan fingerprint density at radius 3 is 2.82 bits per heavy atom. The first-order valence-corrected chi connectivity index (χ1v) is 7.43. The van der Waals surface area contributed by atoms with Crippen LogP contribution in [0.25, 0.3) is 0 Å². The van der Waals surface area contributed by atoms with Crippen molar-refractivity contribution in [2.45, 2.75) is 30.7 Å². The summed E-state index contributed by atoms with van der Waals surface area (Å²) in [6.45, 7) is 3.32. The fourth-order valence-corrected chi connectivity index (χ4v) is 3.33. The second-order valence-electron chi connectivity index (χ2n) is 5.91. The highest BCUT2D eigenvalue weighted by Gasteiger charge is 2.55. The average Bonchev–Trinajstić information content (AvgIpc) is 2.51. The van der Waals surface area contributed by atoms with Crippen LogP contribution in [-0.4, -0.2) is 37.8 Å². The number of fused-ring (bicyclic) bond motifs is 2. The zero-order valence-electron chi connectivity index (χ0n) is 12.8. The van der Waals surface area contributed by atoms with E-state index < -0.39 is 11.0 Å². The Labute approximate surface area is 129 Å².